The van der Waals surface area contributed by atoms with Crippen molar-refractivity contribution in [3.63, 3.8) is 0 Å². The van der Waals surface area contributed by atoms with Crippen LogP contribution >= 0.6 is 12.2 Å². The molecule has 4 nitrogen and oxygen atoms in total. The molecule has 1 aromatic rings. The normalized spacial score (nSPS) is 11.5. The molecule has 1 aromatic heterocycles. The summed E-state index contributed by atoms with van der Waals surface area (Å²) in [4.78, 5) is 14.6. The van der Waals surface area contributed by atoms with Crippen LogP contribution in [-0.4, -0.2) is 21.0 Å². The molecule has 2 N–H and O–H groups in total. The number of carbonyl (C=O) groups is 1. The van der Waals surface area contributed by atoms with Crippen molar-refractivity contribution < 1.29 is 4.79 Å². The molecule has 1 heterocycles. The third kappa shape index (κ3) is 4.18. The summed E-state index contributed by atoms with van der Waals surface area (Å²) in [6, 6.07) is 0. The van der Waals surface area contributed by atoms with Gasteiger partial charge in [-0.1, -0.05) is 0 Å². The van der Waals surface area contributed by atoms with E-state index >= 15 is 0 Å². The Balaban J connectivity index is 2.50. The highest BCUT2D eigenvalue weighted by Crippen LogP contribution is 2.02. The molecule has 0 aliphatic carbocycles. The van der Waals surface area contributed by atoms with E-state index in [1.807, 2.05) is 38.5 Å². The van der Waals surface area contributed by atoms with Crippen LogP contribution in [-0.2, 0) is 11.3 Å². The van der Waals surface area contributed by atoms with Gasteiger partial charge < -0.3 is 14.9 Å². The molecule has 0 atom stereocenters. The maximum absolute atomic E-state index is 11.6. The van der Waals surface area contributed by atoms with Crippen LogP contribution in [0.15, 0.2) is 6.20 Å². The van der Waals surface area contributed by atoms with E-state index in [0.717, 1.165) is 5.69 Å². The van der Waals surface area contributed by atoms with Crippen LogP contribution in [0.3, 0.4) is 0 Å². The van der Waals surface area contributed by atoms with Crippen LogP contribution in [0.2, 0.25) is 0 Å². The van der Waals surface area contributed by atoms with Crippen molar-refractivity contribution in [1.82, 2.24) is 14.9 Å². The Morgan fingerprint density at radius 2 is 2.19 bits per heavy atom. The number of hydrogen-bond acceptors (Lipinski definition) is 2. The van der Waals surface area contributed by atoms with E-state index in [9.17, 15) is 4.79 Å². The summed E-state index contributed by atoms with van der Waals surface area (Å²) >= 11 is 5.11. The van der Waals surface area contributed by atoms with Gasteiger partial charge in [0.2, 0.25) is 5.91 Å². The molecule has 0 spiro atoms. The Labute approximate surface area is 101 Å². The second kappa shape index (κ2) is 4.82. The van der Waals surface area contributed by atoms with Gasteiger partial charge in [-0.3, -0.25) is 4.79 Å². The molecule has 1 amide bonds. The first-order chi connectivity index (χ1) is 7.28. The summed E-state index contributed by atoms with van der Waals surface area (Å²) in [5.74, 6) is 0.0493. The van der Waals surface area contributed by atoms with Gasteiger partial charge in [-0.25, -0.2) is 0 Å². The Morgan fingerprint density at radius 1 is 1.56 bits per heavy atom. The zero-order valence-corrected chi connectivity index (χ0v) is 11.1. The second-order valence-electron chi connectivity index (χ2n) is 4.98. The van der Waals surface area contributed by atoms with Crippen LogP contribution < -0.4 is 5.32 Å². The lowest BCUT2D eigenvalue weighted by atomic mass is 10.1. The average molecular weight is 241 g/mol. The molecule has 0 bridgehead atoms. The Morgan fingerprint density at radius 3 is 2.62 bits per heavy atom. The molecule has 0 aliphatic rings. The van der Waals surface area contributed by atoms with Crippen LogP contribution in [0.25, 0.3) is 0 Å². The van der Waals surface area contributed by atoms with Gasteiger partial charge in [-0.05, 0) is 39.9 Å². The predicted molar refractivity (Wildman–Crippen MR) is 66.9 cm³/mol. The number of aromatic nitrogens is 2. The molecular weight excluding hydrogens is 222 g/mol. The van der Waals surface area contributed by atoms with Gasteiger partial charge in [0, 0.05) is 30.4 Å². The van der Waals surface area contributed by atoms with E-state index in [4.69, 9.17) is 12.2 Å². The topological polar surface area (TPSA) is 49.8 Å². The molecule has 16 heavy (non-hydrogen) atoms. The molecule has 0 unspecified atom stereocenters. The highest BCUT2D eigenvalue weighted by atomic mass is 32.1. The van der Waals surface area contributed by atoms with E-state index in [0.29, 0.717) is 17.7 Å². The van der Waals surface area contributed by atoms with Gasteiger partial charge in [0.15, 0.2) is 4.77 Å². The van der Waals surface area contributed by atoms with E-state index < -0.39 is 0 Å². The first kappa shape index (κ1) is 13.0. The number of carbonyl (C=O) groups excluding carboxylic acids is 1. The quantitative estimate of drug-likeness (QED) is 0.797. The lowest BCUT2D eigenvalue weighted by molar-refractivity contribution is -0.122. The fourth-order valence-corrected chi connectivity index (χ4v) is 1.74. The smallest absolute Gasteiger partial charge is 0.222 e. The third-order valence-electron chi connectivity index (χ3n) is 2.01. The van der Waals surface area contributed by atoms with Gasteiger partial charge in [-0.15, -0.1) is 0 Å². The summed E-state index contributed by atoms with van der Waals surface area (Å²) in [5.41, 5.74) is 0.841. The number of nitrogens with one attached hydrogen (secondary N) is 2. The van der Waals surface area contributed by atoms with Crippen molar-refractivity contribution in [2.24, 2.45) is 0 Å². The van der Waals surface area contributed by atoms with Crippen molar-refractivity contribution in [2.45, 2.75) is 46.2 Å². The van der Waals surface area contributed by atoms with Crippen molar-refractivity contribution in [3.05, 3.63) is 16.7 Å². The van der Waals surface area contributed by atoms with Crippen LogP contribution in [0.4, 0.5) is 0 Å². The number of aromatic amines is 1. The average Bonchev–Trinajstić information content (AvgIpc) is 2.38. The number of H-pyrrole nitrogens is 1. The summed E-state index contributed by atoms with van der Waals surface area (Å²) in [5, 5.41) is 2.92. The van der Waals surface area contributed by atoms with Gasteiger partial charge in [0.1, 0.15) is 0 Å². The standard InChI is InChI=1S/C11H19N3OS/c1-8-7-14(10(16)12-8)6-5-9(15)13-11(2,3)4/h7H,5-6H2,1-4H3,(H,12,16)(H,13,15). The number of amides is 1. The molecule has 0 aliphatic heterocycles. The minimum atomic E-state index is -0.174. The lowest BCUT2D eigenvalue weighted by Gasteiger charge is -2.20. The van der Waals surface area contributed by atoms with Gasteiger partial charge in [0.05, 0.1) is 0 Å². The Bertz CT molecular complexity index is 425. The molecule has 1 rings (SSSR count). The Hall–Kier alpha value is -1.10. The highest BCUT2D eigenvalue weighted by Gasteiger charge is 2.13. The van der Waals surface area contributed by atoms with E-state index in [-0.39, 0.29) is 11.4 Å². The summed E-state index contributed by atoms with van der Waals surface area (Å²) in [6.45, 7) is 8.47. The summed E-state index contributed by atoms with van der Waals surface area (Å²) in [7, 11) is 0. The fraction of sp³-hybridized carbons (Fsp3) is 0.636. The summed E-state index contributed by atoms with van der Waals surface area (Å²) < 4.78 is 2.55. The zero-order chi connectivity index (χ0) is 12.3. The zero-order valence-electron chi connectivity index (χ0n) is 10.3. The highest BCUT2D eigenvalue weighted by molar-refractivity contribution is 7.71. The van der Waals surface area contributed by atoms with Crippen molar-refractivity contribution in [2.75, 3.05) is 0 Å². The fourth-order valence-electron chi connectivity index (χ4n) is 1.43. The molecule has 0 radical (unpaired) electrons. The number of rotatable bonds is 3. The minimum absolute atomic E-state index is 0.0493. The van der Waals surface area contributed by atoms with Crippen molar-refractivity contribution in [1.29, 1.82) is 0 Å². The van der Waals surface area contributed by atoms with Crippen molar-refractivity contribution in [3.8, 4) is 0 Å². The maximum atomic E-state index is 11.6. The van der Waals surface area contributed by atoms with Gasteiger partial charge >= 0.3 is 0 Å². The first-order valence-electron chi connectivity index (χ1n) is 5.35. The van der Waals surface area contributed by atoms with Crippen LogP contribution in [0, 0.1) is 11.7 Å². The molecule has 90 valence electrons. The number of nitrogens with zero attached hydrogens (tertiary/aromatic N) is 1. The maximum Gasteiger partial charge on any atom is 0.222 e. The van der Waals surface area contributed by atoms with Gasteiger partial charge in [0.25, 0.3) is 0 Å². The van der Waals surface area contributed by atoms with Crippen LogP contribution in [0.5, 0.6) is 0 Å². The molecular formula is C11H19N3OS. The van der Waals surface area contributed by atoms with Gasteiger partial charge in [-0.2, -0.15) is 0 Å². The number of aryl methyl sites for hydroxylation is 2. The molecule has 0 aromatic carbocycles. The monoisotopic (exact) mass is 241 g/mol. The predicted octanol–water partition coefficient (Wildman–Crippen LogP) is 2.16. The molecule has 0 fully saturated rings. The molecule has 5 heteroatoms. The largest absolute Gasteiger partial charge is 0.351 e. The SMILES string of the molecule is Cc1cn(CCC(=O)NC(C)(C)C)c(=S)[nH]1. The van der Waals surface area contributed by atoms with Crippen LogP contribution in [0.1, 0.15) is 32.9 Å². The summed E-state index contributed by atoms with van der Waals surface area (Å²) in [6.07, 6.45) is 2.37. The van der Waals surface area contributed by atoms with E-state index in [2.05, 4.69) is 10.3 Å². The molecule has 0 saturated carbocycles. The van der Waals surface area contributed by atoms with Crippen molar-refractivity contribution >= 4 is 18.1 Å². The van der Waals surface area contributed by atoms with E-state index in [1.54, 1.807) is 0 Å². The minimum Gasteiger partial charge on any atom is -0.351 e. The molecule has 0 saturated heterocycles. The first-order valence-corrected chi connectivity index (χ1v) is 5.76. The second-order valence-corrected chi connectivity index (χ2v) is 5.37. The third-order valence-corrected chi connectivity index (χ3v) is 2.35. The lowest BCUT2D eigenvalue weighted by Crippen LogP contribution is -2.40. The number of imidazole rings is 1. The van der Waals surface area contributed by atoms with E-state index in [1.165, 1.54) is 0 Å². The number of hydrogen-bond donors (Lipinski definition) is 2. The Kier molecular flexibility index (Phi) is 3.91.